The predicted octanol–water partition coefficient (Wildman–Crippen LogP) is 3.16. The molecule has 1 aromatic carbocycles. The Morgan fingerprint density at radius 2 is 1.92 bits per heavy atom. The Morgan fingerprint density at radius 1 is 1.19 bits per heavy atom. The smallest absolute Gasteiger partial charge is 0.326 e. The van der Waals surface area contributed by atoms with E-state index in [1.165, 1.54) is 0 Å². The monoisotopic (exact) mass is 370 g/mol. The molecule has 0 atom stereocenters. The number of nitrogens with zero attached hydrogens (tertiary/aromatic N) is 3. The molecule has 0 unspecified atom stereocenters. The third-order valence-electron chi connectivity index (χ3n) is 4.96. The van der Waals surface area contributed by atoms with E-state index in [1.54, 1.807) is 17.0 Å². The van der Waals surface area contributed by atoms with Gasteiger partial charge in [0.15, 0.2) is 0 Å². The van der Waals surface area contributed by atoms with Crippen molar-refractivity contribution in [1.29, 1.82) is 0 Å². The van der Waals surface area contributed by atoms with Gasteiger partial charge in [0.05, 0.1) is 16.6 Å². The maximum absolute atomic E-state index is 12.7. The van der Waals surface area contributed by atoms with Crippen LogP contribution in [0.25, 0.3) is 11.0 Å². The van der Waals surface area contributed by atoms with Gasteiger partial charge in [0, 0.05) is 24.8 Å². The summed E-state index contributed by atoms with van der Waals surface area (Å²) in [5, 5.41) is 0.241. The Kier molecular flexibility index (Phi) is 4.28. The fraction of sp³-hybridized carbons (Fsp3) is 0.316. The number of hydrogen-bond donors (Lipinski definition) is 1. The van der Waals surface area contributed by atoms with E-state index in [4.69, 9.17) is 11.6 Å². The van der Waals surface area contributed by atoms with Gasteiger partial charge in [0.2, 0.25) is 0 Å². The summed E-state index contributed by atoms with van der Waals surface area (Å²) in [5.74, 6) is -0.104. The summed E-state index contributed by atoms with van der Waals surface area (Å²) < 4.78 is 1.82. The number of rotatable bonds is 2. The standard InChI is InChI=1S/C19H19ClN4O2/c1-12-6-7-14(17(20)21-12)18(25)23-10-8-13(9-11-23)24-16-5-3-2-4-15(16)22-19(24)26/h2-7,13H,8-11H2,1H3,(H,22,26). The van der Waals surface area contributed by atoms with E-state index in [9.17, 15) is 9.59 Å². The Hall–Kier alpha value is -2.60. The van der Waals surface area contributed by atoms with Crippen LogP contribution in [0.5, 0.6) is 0 Å². The Bertz CT molecular complexity index is 1030. The van der Waals surface area contributed by atoms with E-state index in [2.05, 4.69) is 9.97 Å². The number of H-pyrrole nitrogens is 1. The minimum Gasteiger partial charge on any atom is -0.338 e. The first kappa shape index (κ1) is 16.8. The molecule has 26 heavy (non-hydrogen) atoms. The predicted molar refractivity (Wildman–Crippen MR) is 101 cm³/mol. The van der Waals surface area contributed by atoms with Gasteiger partial charge in [-0.15, -0.1) is 0 Å². The molecule has 1 saturated heterocycles. The van der Waals surface area contributed by atoms with E-state index in [0.717, 1.165) is 29.6 Å². The molecule has 0 spiro atoms. The number of aromatic nitrogens is 3. The molecule has 0 radical (unpaired) electrons. The number of amides is 1. The molecule has 1 N–H and O–H groups in total. The number of fused-ring (bicyclic) bond motifs is 1. The van der Waals surface area contributed by atoms with Crippen LogP contribution in [0.1, 0.15) is 34.9 Å². The van der Waals surface area contributed by atoms with Gasteiger partial charge in [-0.05, 0) is 44.0 Å². The molecule has 3 aromatic rings. The molecule has 1 fully saturated rings. The number of carbonyl (C=O) groups excluding carboxylic acids is 1. The highest BCUT2D eigenvalue weighted by atomic mass is 35.5. The SMILES string of the molecule is Cc1ccc(C(=O)N2CCC(n3c(=O)[nH]c4ccccc43)CC2)c(Cl)n1. The highest BCUT2D eigenvalue weighted by Gasteiger charge is 2.27. The third-order valence-corrected chi connectivity index (χ3v) is 5.25. The fourth-order valence-corrected chi connectivity index (χ4v) is 3.90. The van der Waals surface area contributed by atoms with Gasteiger partial charge in [-0.25, -0.2) is 9.78 Å². The lowest BCUT2D eigenvalue weighted by Crippen LogP contribution is -2.40. The van der Waals surface area contributed by atoms with E-state index in [1.807, 2.05) is 35.8 Å². The zero-order valence-corrected chi connectivity index (χ0v) is 15.2. The molecule has 134 valence electrons. The molecule has 1 amide bonds. The van der Waals surface area contributed by atoms with Crippen molar-refractivity contribution in [3.63, 3.8) is 0 Å². The Morgan fingerprint density at radius 3 is 2.65 bits per heavy atom. The number of para-hydroxylation sites is 2. The topological polar surface area (TPSA) is 71.0 Å². The van der Waals surface area contributed by atoms with Crippen molar-refractivity contribution >= 4 is 28.5 Å². The summed E-state index contributed by atoms with van der Waals surface area (Å²) in [7, 11) is 0. The lowest BCUT2D eigenvalue weighted by molar-refractivity contribution is 0.0695. The average Bonchev–Trinajstić information content (AvgIpc) is 2.97. The molecule has 6 nitrogen and oxygen atoms in total. The van der Waals surface area contributed by atoms with E-state index < -0.39 is 0 Å². The van der Waals surface area contributed by atoms with Crippen molar-refractivity contribution in [3.8, 4) is 0 Å². The van der Waals surface area contributed by atoms with Crippen molar-refractivity contribution < 1.29 is 4.79 Å². The number of nitrogens with one attached hydrogen (secondary N) is 1. The second-order valence-corrected chi connectivity index (χ2v) is 6.99. The number of halogens is 1. The molecule has 0 bridgehead atoms. The highest BCUT2D eigenvalue weighted by Crippen LogP contribution is 2.26. The van der Waals surface area contributed by atoms with Gasteiger partial charge < -0.3 is 9.88 Å². The molecule has 0 aliphatic carbocycles. The number of imidazole rings is 1. The Labute approximate surface area is 155 Å². The van der Waals surface area contributed by atoms with Crippen LogP contribution in [0, 0.1) is 6.92 Å². The van der Waals surface area contributed by atoms with Crippen LogP contribution in [0.3, 0.4) is 0 Å². The van der Waals surface area contributed by atoms with Crippen molar-refractivity contribution in [3.05, 3.63) is 63.3 Å². The summed E-state index contributed by atoms with van der Waals surface area (Å²) in [6.07, 6.45) is 1.45. The summed E-state index contributed by atoms with van der Waals surface area (Å²) in [6.45, 7) is 3.00. The Balaban J connectivity index is 1.53. The van der Waals surface area contributed by atoms with Crippen molar-refractivity contribution in [1.82, 2.24) is 19.4 Å². The average molecular weight is 371 g/mol. The van der Waals surface area contributed by atoms with Crippen LogP contribution >= 0.6 is 11.6 Å². The van der Waals surface area contributed by atoms with Gasteiger partial charge in [-0.2, -0.15) is 0 Å². The van der Waals surface area contributed by atoms with Crippen molar-refractivity contribution in [2.24, 2.45) is 0 Å². The summed E-state index contributed by atoms with van der Waals surface area (Å²) in [4.78, 5) is 33.9. The fourth-order valence-electron chi connectivity index (χ4n) is 3.62. The van der Waals surface area contributed by atoms with Crippen LogP contribution in [-0.2, 0) is 0 Å². The molecule has 7 heteroatoms. The highest BCUT2D eigenvalue weighted by molar-refractivity contribution is 6.32. The van der Waals surface area contributed by atoms with Crippen LogP contribution in [0.15, 0.2) is 41.2 Å². The minimum atomic E-state index is -0.104. The van der Waals surface area contributed by atoms with Crippen molar-refractivity contribution in [2.45, 2.75) is 25.8 Å². The van der Waals surface area contributed by atoms with E-state index in [-0.39, 0.29) is 22.8 Å². The molecule has 1 aliphatic heterocycles. The number of hydrogen-bond acceptors (Lipinski definition) is 3. The summed E-state index contributed by atoms with van der Waals surface area (Å²) in [5.41, 5.74) is 2.87. The first-order valence-corrected chi connectivity index (χ1v) is 9.04. The quantitative estimate of drug-likeness (QED) is 0.704. The normalized spacial score (nSPS) is 15.5. The summed E-state index contributed by atoms with van der Waals surface area (Å²) in [6, 6.07) is 11.3. The van der Waals surface area contributed by atoms with Crippen LogP contribution in [-0.4, -0.2) is 38.4 Å². The molecule has 1 aliphatic rings. The molecular weight excluding hydrogens is 352 g/mol. The molecule has 3 heterocycles. The minimum absolute atomic E-state index is 0.0781. The number of aromatic amines is 1. The maximum atomic E-state index is 12.7. The molecule has 4 rings (SSSR count). The largest absolute Gasteiger partial charge is 0.338 e. The number of benzene rings is 1. The van der Waals surface area contributed by atoms with E-state index in [0.29, 0.717) is 18.7 Å². The maximum Gasteiger partial charge on any atom is 0.326 e. The first-order chi connectivity index (χ1) is 12.5. The van der Waals surface area contributed by atoms with Gasteiger partial charge in [-0.3, -0.25) is 9.36 Å². The zero-order valence-electron chi connectivity index (χ0n) is 14.4. The van der Waals surface area contributed by atoms with Crippen LogP contribution in [0.4, 0.5) is 0 Å². The van der Waals surface area contributed by atoms with Gasteiger partial charge in [-0.1, -0.05) is 23.7 Å². The van der Waals surface area contributed by atoms with Crippen molar-refractivity contribution in [2.75, 3.05) is 13.1 Å². The second kappa shape index (κ2) is 6.61. The van der Waals surface area contributed by atoms with Gasteiger partial charge >= 0.3 is 5.69 Å². The first-order valence-electron chi connectivity index (χ1n) is 8.66. The third kappa shape index (κ3) is 2.90. The number of pyridine rings is 1. The number of aryl methyl sites for hydroxylation is 1. The van der Waals surface area contributed by atoms with Crippen LogP contribution in [0.2, 0.25) is 5.15 Å². The molecule has 2 aromatic heterocycles. The lowest BCUT2D eigenvalue weighted by atomic mass is 10.0. The zero-order chi connectivity index (χ0) is 18.3. The number of likely N-dealkylation sites (tertiary alicyclic amines) is 1. The van der Waals surface area contributed by atoms with Gasteiger partial charge in [0.25, 0.3) is 5.91 Å². The second-order valence-electron chi connectivity index (χ2n) is 6.63. The summed E-state index contributed by atoms with van der Waals surface area (Å²) >= 11 is 6.13. The van der Waals surface area contributed by atoms with Crippen LogP contribution < -0.4 is 5.69 Å². The lowest BCUT2D eigenvalue weighted by Gasteiger charge is -2.32. The number of piperidine rings is 1. The van der Waals surface area contributed by atoms with E-state index >= 15 is 0 Å². The molecular formula is C19H19ClN4O2. The molecule has 0 saturated carbocycles. The number of carbonyl (C=O) groups is 1. The van der Waals surface area contributed by atoms with Gasteiger partial charge in [0.1, 0.15) is 5.15 Å².